The number of carbonyl (C=O) groups excluding carboxylic acids is 1. The average molecular weight is 465 g/mol. The van der Waals surface area contributed by atoms with Gasteiger partial charge in [0.25, 0.3) is 0 Å². The normalized spacial score (nSPS) is 18.4. The molecular formula is C25H34Cl2N2O2. The van der Waals surface area contributed by atoms with Gasteiger partial charge in [-0.05, 0) is 80.1 Å². The lowest BCUT2D eigenvalue weighted by atomic mass is 9.81. The van der Waals surface area contributed by atoms with Crippen molar-refractivity contribution in [3.63, 3.8) is 0 Å². The number of hydrogen-bond donors (Lipinski definition) is 0. The van der Waals surface area contributed by atoms with Gasteiger partial charge in [-0.3, -0.25) is 4.90 Å². The van der Waals surface area contributed by atoms with E-state index in [0.29, 0.717) is 16.7 Å². The Morgan fingerprint density at radius 3 is 2.10 bits per heavy atom. The number of ether oxygens (including phenoxy) is 1. The van der Waals surface area contributed by atoms with E-state index in [0.717, 1.165) is 45.3 Å². The van der Waals surface area contributed by atoms with Gasteiger partial charge < -0.3 is 9.64 Å². The molecule has 1 saturated carbocycles. The van der Waals surface area contributed by atoms with Crippen molar-refractivity contribution in [3.8, 4) is 5.75 Å². The number of halogens is 2. The molecule has 0 atom stereocenters. The van der Waals surface area contributed by atoms with Crippen LogP contribution in [0.2, 0.25) is 5.02 Å². The fourth-order valence-corrected chi connectivity index (χ4v) is 4.35. The monoisotopic (exact) mass is 464 g/mol. The number of nitrogens with zero attached hydrogens (tertiary/aromatic N) is 2. The Kier molecular flexibility index (Phi) is 10.1. The molecule has 0 saturated heterocycles. The molecular weight excluding hydrogens is 431 g/mol. The molecule has 0 bridgehead atoms. The summed E-state index contributed by atoms with van der Waals surface area (Å²) in [5.74, 6) is 1.10. The lowest BCUT2D eigenvalue weighted by molar-refractivity contribution is 0.130. The van der Waals surface area contributed by atoms with Crippen molar-refractivity contribution in [3.05, 3.63) is 64.7 Å². The fraction of sp³-hybridized carbons (Fsp3) is 0.480. The van der Waals surface area contributed by atoms with Crippen molar-refractivity contribution in [1.29, 1.82) is 0 Å². The molecule has 2 aromatic rings. The van der Waals surface area contributed by atoms with Crippen LogP contribution in [0, 0.1) is 0 Å². The van der Waals surface area contributed by atoms with Crippen molar-refractivity contribution in [2.24, 2.45) is 0 Å². The summed E-state index contributed by atoms with van der Waals surface area (Å²) in [6.07, 6.45) is 3.88. The molecule has 0 heterocycles. The second-order valence-electron chi connectivity index (χ2n) is 8.14. The Morgan fingerprint density at radius 2 is 1.55 bits per heavy atom. The van der Waals surface area contributed by atoms with Crippen molar-refractivity contribution in [2.45, 2.75) is 58.0 Å². The van der Waals surface area contributed by atoms with Gasteiger partial charge >= 0.3 is 6.09 Å². The number of amides is 1. The van der Waals surface area contributed by atoms with Crippen molar-refractivity contribution in [2.75, 3.05) is 20.1 Å². The summed E-state index contributed by atoms with van der Waals surface area (Å²) in [5.41, 5.74) is 2.80. The number of carbonyl (C=O) groups is 1. The Labute approximate surface area is 197 Å². The Hall–Kier alpha value is -1.75. The minimum Gasteiger partial charge on any atom is -0.410 e. The van der Waals surface area contributed by atoms with E-state index in [1.54, 1.807) is 29.2 Å². The summed E-state index contributed by atoms with van der Waals surface area (Å²) in [5, 5.41) is 0.627. The van der Waals surface area contributed by atoms with Crippen LogP contribution in [0.3, 0.4) is 0 Å². The molecule has 0 aliphatic heterocycles. The first kappa shape index (κ1) is 25.5. The molecule has 1 amide bonds. The Balaban J connectivity index is 0.00000341. The van der Waals surface area contributed by atoms with Crippen LogP contribution in [0.1, 0.15) is 56.6 Å². The first-order valence-corrected chi connectivity index (χ1v) is 11.4. The van der Waals surface area contributed by atoms with Crippen molar-refractivity contribution in [1.82, 2.24) is 9.80 Å². The molecule has 0 radical (unpaired) electrons. The molecule has 170 valence electrons. The molecule has 1 fully saturated rings. The molecule has 6 heteroatoms. The van der Waals surface area contributed by atoms with E-state index in [1.165, 1.54) is 11.1 Å². The van der Waals surface area contributed by atoms with E-state index >= 15 is 0 Å². The lowest BCUT2D eigenvalue weighted by Gasteiger charge is -2.34. The zero-order valence-corrected chi connectivity index (χ0v) is 20.3. The van der Waals surface area contributed by atoms with E-state index in [-0.39, 0.29) is 24.5 Å². The first-order valence-electron chi connectivity index (χ1n) is 11.0. The summed E-state index contributed by atoms with van der Waals surface area (Å²) in [6.45, 7) is 7.59. The second kappa shape index (κ2) is 12.3. The summed E-state index contributed by atoms with van der Waals surface area (Å²) < 4.78 is 5.48. The first-order chi connectivity index (χ1) is 14.5. The van der Waals surface area contributed by atoms with Crippen LogP contribution in [-0.4, -0.2) is 42.1 Å². The molecule has 0 aromatic heterocycles. The maximum atomic E-state index is 12.5. The average Bonchev–Trinajstić information content (AvgIpc) is 2.79. The van der Waals surface area contributed by atoms with Gasteiger partial charge in [-0.2, -0.15) is 0 Å². The molecule has 1 aliphatic rings. The number of benzene rings is 2. The minimum absolute atomic E-state index is 0. The van der Waals surface area contributed by atoms with E-state index in [4.69, 9.17) is 16.3 Å². The molecule has 2 aromatic carbocycles. The summed E-state index contributed by atoms with van der Waals surface area (Å²) in [4.78, 5) is 16.7. The minimum atomic E-state index is -0.304. The predicted molar refractivity (Wildman–Crippen MR) is 131 cm³/mol. The molecule has 0 spiro atoms. The van der Waals surface area contributed by atoms with Crippen LogP contribution in [0.5, 0.6) is 5.75 Å². The molecule has 0 unspecified atom stereocenters. The molecule has 3 rings (SSSR count). The van der Waals surface area contributed by atoms with Gasteiger partial charge in [0.05, 0.1) is 0 Å². The quantitative estimate of drug-likeness (QED) is 0.453. The number of hydrogen-bond acceptors (Lipinski definition) is 3. The largest absolute Gasteiger partial charge is 0.415 e. The third-order valence-corrected chi connectivity index (χ3v) is 6.55. The van der Waals surface area contributed by atoms with Gasteiger partial charge in [0.2, 0.25) is 0 Å². The molecule has 1 aliphatic carbocycles. The summed E-state index contributed by atoms with van der Waals surface area (Å²) >= 11 is 5.89. The highest BCUT2D eigenvalue weighted by Gasteiger charge is 2.28. The fourth-order valence-electron chi connectivity index (χ4n) is 4.22. The third kappa shape index (κ3) is 7.13. The smallest absolute Gasteiger partial charge is 0.410 e. The molecule has 31 heavy (non-hydrogen) atoms. The van der Waals surface area contributed by atoms with Crippen LogP contribution < -0.4 is 4.74 Å². The van der Waals surface area contributed by atoms with Gasteiger partial charge in [-0.25, -0.2) is 4.79 Å². The van der Waals surface area contributed by atoms with Gasteiger partial charge in [0, 0.05) is 24.7 Å². The van der Waals surface area contributed by atoms with Gasteiger partial charge in [0.1, 0.15) is 5.75 Å². The summed E-state index contributed by atoms with van der Waals surface area (Å²) in [7, 11) is 1.84. The zero-order valence-electron chi connectivity index (χ0n) is 18.7. The molecule has 4 nitrogen and oxygen atoms in total. The van der Waals surface area contributed by atoms with Crippen LogP contribution in [-0.2, 0) is 6.54 Å². The second-order valence-corrected chi connectivity index (χ2v) is 8.58. The van der Waals surface area contributed by atoms with Gasteiger partial charge in [-0.1, -0.05) is 49.7 Å². The van der Waals surface area contributed by atoms with E-state index in [2.05, 4.69) is 43.0 Å². The van der Waals surface area contributed by atoms with Crippen LogP contribution in [0.4, 0.5) is 4.79 Å². The third-order valence-electron chi connectivity index (χ3n) is 6.30. The topological polar surface area (TPSA) is 32.8 Å². The van der Waals surface area contributed by atoms with E-state index < -0.39 is 0 Å². The van der Waals surface area contributed by atoms with Gasteiger partial charge in [0.15, 0.2) is 0 Å². The zero-order chi connectivity index (χ0) is 21.5. The maximum Gasteiger partial charge on any atom is 0.415 e. The van der Waals surface area contributed by atoms with E-state index in [1.807, 2.05) is 7.05 Å². The summed E-state index contributed by atoms with van der Waals surface area (Å²) in [6, 6.07) is 16.2. The SMILES string of the molecule is CCN(CC)Cc1ccc([C@H]2CC[C@H](N(C)C(=O)Oc3ccc(Cl)cc3)CC2)cc1.Cl. The lowest BCUT2D eigenvalue weighted by Crippen LogP contribution is -2.40. The highest BCUT2D eigenvalue weighted by molar-refractivity contribution is 6.30. The van der Waals surface area contributed by atoms with Crippen molar-refractivity contribution >= 4 is 30.1 Å². The van der Waals surface area contributed by atoms with Crippen LogP contribution >= 0.6 is 24.0 Å². The maximum absolute atomic E-state index is 12.5. The van der Waals surface area contributed by atoms with Crippen LogP contribution in [0.25, 0.3) is 0 Å². The highest BCUT2D eigenvalue weighted by Crippen LogP contribution is 2.35. The molecule has 0 N–H and O–H groups in total. The van der Waals surface area contributed by atoms with Gasteiger partial charge in [-0.15, -0.1) is 12.4 Å². The van der Waals surface area contributed by atoms with E-state index in [9.17, 15) is 4.79 Å². The highest BCUT2D eigenvalue weighted by atomic mass is 35.5. The van der Waals surface area contributed by atoms with Crippen LogP contribution in [0.15, 0.2) is 48.5 Å². The number of rotatable bonds is 7. The predicted octanol–water partition coefficient (Wildman–Crippen LogP) is 6.76. The standard InChI is InChI=1S/C25H33ClN2O2.ClH/c1-4-28(5-2)18-19-6-8-20(9-7-19)21-10-14-23(15-11-21)27(3)25(29)30-24-16-12-22(26)13-17-24;/h6-9,12-13,16-17,21,23H,4-5,10-11,14-15,18H2,1-3H3;1H/t21-,23-;. The Morgan fingerprint density at radius 1 is 0.968 bits per heavy atom. The van der Waals surface area contributed by atoms with Crippen molar-refractivity contribution < 1.29 is 9.53 Å². The Bertz CT molecular complexity index is 799.